The molecule has 1 saturated carbocycles. The van der Waals surface area contributed by atoms with Crippen molar-refractivity contribution < 1.29 is 9.59 Å². The van der Waals surface area contributed by atoms with Crippen molar-refractivity contribution in [2.45, 2.75) is 45.6 Å². The van der Waals surface area contributed by atoms with E-state index in [4.69, 9.17) is 0 Å². The van der Waals surface area contributed by atoms with Gasteiger partial charge in [-0.15, -0.1) is 0 Å². The average Bonchev–Trinajstić information content (AvgIpc) is 3.40. The van der Waals surface area contributed by atoms with Crippen LogP contribution in [0.15, 0.2) is 24.3 Å². The first-order valence-corrected chi connectivity index (χ1v) is 8.71. The normalized spacial score (nSPS) is 20.2. The van der Waals surface area contributed by atoms with Crippen molar-refractivity contribution >= 4 is 11.8 Å². The number of aryl methyl sites for hydroxylation is 1. The van der Waals surface area contributed by atoms with Crippen LogP contribution in [0.2, 0.25) is 0 Å². The van der Waals surface area contributed by atoms with Gasteiger partial charge in [-0.1, -0.05) is 24.6 Å². The maximum atomic E-state index is 12.5. The first-order valence-electron chi connectivity index (χ1n) is 8.71. The van der Waals surface area contributed by atoms with Gasteiger partial charge in [-0.05, 0) is 50.7 Å². The van der Waals surface area contributed by atoms with Crippen LogP contribution in [0.5, 0.6) is 0 Å². The number of rotatable bonds is 4. The summed E-state index contributed by atoms with van der Waals surface area (Å²) in [6.07, 6.45) is 4.08. The molecule has 2 amide bonds. The highest BCUT2D eigenvalue weighted by atomic mass is 16.2. The second-order valence-corrected chi connectivity index (χ2v) is 7.07. The summed E-state index contributed by atoms with van der Waals surface area (Å²) in [6, 6.07) is 7.94. The molecule has 0 bridgehead atoms. The molecule has 1 aromatic carbocycles. The Labute approximate surface area is 138 Å². The SMILES string of the molecule is Cc1ccc(C(=O)N2CCC(NC(=O)C(C)C3CC3)CC2)cc1. The first kappa shape index (κ1) is 16.0. The second-order valence-electron chi connectivity index (χ2n) is 7.07. The Bertz CT molecular complexity index is 570. The Balaban J connectivity index is 1.48. The van der Waals surface area contributed by atoms with Crippen LogP contribution in [0, 0.1) is 18.8 Å². The van der Waals surface area contributed by atoms with Crippen molar-refractivity contribution in [2.24, 2.45) is 11.8 Å². The van der Waals surface area contributed by atoms with E-state index in [9.17, 15) is 9.59 Å². The minimum Gasteiger partial charge on any atom is -0.353 e. The van der Waals surface area contributed by atoms with E-state index in [2.05, 4.69) is 5.32 Å². The Morgan fingerprint density at radius 3 is 2.26 bits per heavy atom. The predicted molar refractivity (Wildman–Crippen MR) is 90.1 cm³/mol. The summed E-state index contributed by atoms with van der Waals surface area (Å²) >= 11 is 0. The third-order valence-electron chi connectivity index (χ3n) is 5.17. The highest BCUT2D eigenvalue weighted by Gasteiger charge is 2.34. The van der Waals surface area contributed by atoms with E-state index in [-0.39, 0.29) is 23.8 Å². The molecule has 1 aliphatic heterocycles. The van der Waals surface area contributed by atoms with E-state index in [1.54, 1.807) is 0 Å². The molecule has 2 fully saturated rings. The fourth-order valence-electron chi connectivity index (χ4n) is 3.25. The molecule has 0 aromatic heterocycles. The molecule has 0 spiro atoms. The van der Waals surface area contributed by atoms with Crippen molar-refractivity contribution in [2.75, 3.05) is 13.1 Å². The van der Waals surface area contributed by atoms with Gasteiger partial charge in [0.15, 0.2) is 0 Å². The van der Waals surface area contributed by atoms with Crippen molar-refractivity contribution in [1.82, 2.24) is 10.2 Å². The number of benzene rings is 1. The molecule has 0 radical (unpaired) electrons. The number of amides is 2. The van der Waals surface area contributed by atoms with Gasteiger partial charge in [0, 0.05) is 30.6 Å². The Kier molecular flexibility index (Phi) is 4.69. The number of piperidine rings is 1. The highest BCUT2D eigenvalue weighted by Crippen LogP contribution is 2.36. The molecule has 1 heterocycles. The standard InChI is InChI=1S/C19H26N2O2/c1-13-3-5-16(6-4-13)19(23)21-11-9-17(10-12-21)20-18(22)14(2)15-7-8-15/h3-6,14-15,17H,7-12H2,1-2H3,(H,20,22). The third-order valence-corrected chi connectivity index (χ3v) is 5.17. The quantitative estimate of drug-likeness (QED) is 0.929. The minimum absolute atomic E-state index is 0.0983. The van der Waals surface area contributed by atoms with E-state index in [0.717, 1.165) is 37.1 Å². The van der Waals surface area contributed by atoms with E-state index in [1.807, 2.05) is 43.0 Å². The summed E-state index contributed by atoms with van der Waals surface area (Å²) in [7, 11) is 0. The van der Waals surface area contributed by atoms with Gasteiger partial charge < -0.3 is 10.2 Å². The Morgan fingerprint density at radius 1 is 1.09 bits per heavy atom. The molecule has 1 saturated heterocycles. The van der Waals surface area contributed by atoms with Gasteiger partial charge in [-0.3, -0.25) is 9.59 Å². The molecular formula is C19H26N2O2. The van der Waals surface area contributed by atoms with Crippen molar-refractivity contribution in [3.05, 3.63) is 35.4 Å². The van der Waals surface area contributed by atoms with Crippen LogP contribution in [0.25, 0.3) is 0 Å². The summed E-state index contributed by atoms with van der Waals surface area (Å²) < 4.78 is 0. The lowest BCUT2D eigenvalue weighted by molar-refractivity contribution is -0.126. The monoisotopic (exact) mass is 314 g/mol. The smallest absolute Gasteiger partial charge is 0.253 e. The van der Waals surface area contributed by atoms with Crippen LogP contribution < -0.4 is 5.32 Å². The molecule has 2 aliphatic rings. The number of nitrogens with zero attached hydrogens (tertiary/aromatic N) is 1. The summed E-state index contributed by atoms with van der Waals surface area (Å²) in [4.78, 5) is 26.6. The molecule has 1 atom stereocenters. The molecule has 23 heavy (non-hydrogen) atoms. The maximum Gasteiger partial charge on any atom is 0.253 e. The fraction of sp³-hybridized carbons (Fsp3) is 0.579. The van der Waals surface area contributed by atoms with Gasteiger partial charge in [0.25, 0.3) is 5.91 Å². The van der Waals surface area contributed by atoms with Crippen LogP contribution in [-0.2, 0) is 4.79 Å². The summed E-state index contributed by atoms with van der Waals surface area (Å²) in [5.74, 6) is 1.03. The minimum atomic E-state index is 0.0983. The van der Waals surface area contributed by atoms with Crippen LogP contribution in [-0.4, -0.2) is 35.8 Å². The zero-order valence-electron chi connectivity index (χ0n) is 14.0. The molecule has 4 nitrogen and oxygen atoms in total. The third kappa shape index (κ3) is 3.92. The lowest BCUT2D eigenvalue weighted by Crippen LogP contribution is -2.47. The maximum absolute atomic E-state index is 12.5. The van der Waals surface area contributed by atoms with E-state index in [1.165, 1.54) is 12.8 Å². The van der Waals surface area contributed by atoms with Gasteiger partial charge in [0.05, 0.1) is 0 Å². The molecule has 124 valence electrons. The van der Waals surface area contributed by atoms with Gasteiger partial charge in [-0.25, -0.2) is 0 Å². The highest BCUT2D eigenvalue weighted by molar-refractivity contribution is 5.94. The number of likely N-dealkylation sites (tertiary alicyclic amines) is 1. The van der Waals surface area contributed by atoms with Crippen LogP contribution in [0.4, 0.5) is 0 Å². The van der Waals surface area contributed by atoms with E-state index < -0.39 is 0 Å². The molecule has 4 heteroatoms. The first-order chi connectivity index (χ1) is 11.0. The summed E-state index contributed by atoms with van der Waals surface area (Å²) in [5.41, 5.74) is 1.91. The Hall–Kier alpha value is -1.84. The second kappa shape index (κ2) is 6.73. The van der Waals surface area contributed by atoms with Crippen molar-refractivity contribution in [3.8, 4) is 0 Å². The zero-order chi connectivity index (χ0) is 16.4. The fourth-order valence-corrected chi connectivity index (χ4v) is 3.25. The Morgan fingerprint density at radius 2 is 1.70 bits per heavy atom. The van der Waals surface area contributed by atoms with Gasteiger partial charge in [0.1, 0.15) is 0 Å². The van der Waals surface area contributed by atoms with Crippen LogP contribution in [0.1, 0.15) is 48.5 Å². The molecule has 1 N–H and O–H groups in total. The van der Waals surface area contributed by atoms with Gasteiger partial charge in [0.2, 0.25) is 5.91 Å². The van der Waals surface area contributed by atoms with Gasteiger partial charge in [-0.2, -0.15) is 0 Å². The number of carbonyl (C=O) groups excluding carboxylic acids is 2. The summed E-state index contributed by atoms with van der Waals surface area (Å²) in [6.45, 7) is 5.49. The van der Waals surface area contributed by atoms with Crippen molar-refractivity contribution in [3.63, 3.8) is 0 Å². The zero-order valence-corrected chi connectivity index (χ0v) is 14.0. The number of nitrogens with one attached hydrogen (secondary N) is 1. The summed E-state index contributed by atoms with van der Waals surface area (Å²) in [5, 5.41) is 3.17. The topological polar surface area (TPSA) is 49.4 Å². The van der Waals surface area contributed by atoms with E-state index >= 15 is 0 Å². The molecule has 3 rings (SSSR count). The average molecular weight is 314 g/mol. The van der Waals surface area contributed by atoms with Crippen LogP contribution in [0.3, 0.4) is 0 Å². The lowest BCUT2D eigenvalue weighted by Gasteiger charge is -2.33. The number of hydrogen-bond donors (Lipinski definition) is 1. The molecular weight excluding hydrogens is 288 g/mol. The van der Waals surface area contributed by atoms with Gasteiger partial charge >= 0.3 is 0 Å². The largest absolute Gasteiger partial charge is 0.353 e. The molecule has 1 aromatic rings. The van der Waals surface area contributed by atoms with Crippen LogP contribution >= 0.6 is 0 Å². The van der Waals surface area contributed by atoms with E-state index in [0.29, 0.717) is 5.92 Å². The number of hydrogen-bond acceptors (Lipinski definition) is 2. The van der Waals surface area contributed by atoms with Crippen molar-refractivity contribution in [1.29, 1.82) is 0 Å². The number of carbonyl (C=O) groups is 2. The predicted octanol–water partition coefficient (Wildman–Crippen LogP) is 2.76. The lowest BCUT2D eigenvalue weighted by atomic mass is 10.0. The molecule has 1 aliphatic carbocycles. The molecule has 1 unspecified atom stereocenters.